The average Bonchev–Trinajstić information content (AvgIpc) is 3.11. The molecule has 1 aliphatic heterocycles. The molecule has 148 valence electrons. The molecule has 2 aliphatic rings. The smallest absolute Gasteiger partial charge is 0.307 e. The molecule has 1 saturated heterocycles. The molecule has 0 bridgehead atoms. The van der Waals surface area contributed by atoms with Crippen LogP contribution in [0.1, 0.15) is 51.0 Å². The van der Waals surface area contributed by atoms with Gasteiger partial charge in [-0.05, 0) is 49.1 Å². The molecule has 0 radical (unpaired) electrons. The van der Waals surface area contributed by atoms with Gasteiger partial charge in [0.1, 0.15) is 5.75 Å². The van der Waals surface area contributed by atoms with Gasteiger partial charge in [-0.15, -0.1) is 0 Å². The summed E-state index contributed by atoms with van der Waals surface area (Å²) in [5, 5.41) is 9.69. The highest BCUT2D eigenvalue weighted by Gasteiger charge is 2.37. The number of hydrogen-bond donors (Lipinski definition) is 1. The predicted octanol–water partition coefficient (Wildman–Crippen LogP) is 3.76. The van der Waals surface area contributed by atoms with Gasteiger partial charge in [0.2, 0.25) is 5.91 Å². The van der Waals surface area contributed by atoms with Crippen molar-refractivity contribution >= 4 is 11.9 Å². The van der Waals surface area contributed by atoms with Crippen molar-refractivity contribution in [1.82, 2.24) is 4.90 Å². The fraction of sp³-hybridized carbons (Fsp3) is 0.636. The summed E-state index contributed by atoms with van der Waals surface area (Å²) in [6.45, 7) is 4.26. The first-order valence-corrected chi connectivity index (χ1v) is 10.3. The van der Waals surface area contributed by atoms with Crippen molar-refractivity contribution in [3.05, 3.63) is 29.8 Å². The summed E-state index contributed by atoms with van der Waals surface area (Å²) < 4.78 is 5.75. The van der Waals surface area contributed by atoms with E-state index in [1.165, 1.54) is 25.7 Å². The van der Waals surface area contributed by atoms with Crippen LogP contribution in [0.25, 0.3) is 0 Å². The Kier molecular flexibility index (Phi) is 6.75. The summed E-state index contributed by atoms with van der Waals surface area (Å²) in [7, 11) is 0. The second-order valence-electron chi connectivity index (χ2n) is 8.00. The minimum Gasteiger partial charge on any atom is -0.493 e. The second-order valence-corrected chi connectivity index (χ2v) is 8.00. The molecular weight excluding hydrogens is 342 g/mol. The number of carbonyl (C=O) groups excluding carboxylic acids is 1. The maximum absolute atomic E-state index is 12.8. The van der Waals surface area contributed by atoms with Gasteiger partial charge in [-0.1, -0.05) is 38.0 Å². The minimum absolute atomic E-state index is 0.0104. The first-order valence-electron chi connectivity index (χ1n) is 10.3. The summed E-state index contributed by atoms with van der Waals surface area (Å²) in [5.41, 5.74) is 0.862. The molecule has 5 heteroatoms. The van der Waals surface area contributed by atoms with Crippen molar-refractivity contribution in [1.29, 1.82) is 0 Å². The topological polar surface area (TPSA) is 66.8 Å². The molecule has 1 saturated carbocycles. The van der Waals surface area contributed by atoms with Crippen LogP contribution in [-0.2, 0) is 16.0 Å². The molecule has 1 aliphatic carbocycles. The van der Waals surface area contributed by atoms with Gasteiger partial charge >= 0.3 is 5.97 Å². The Morgan fingerprint density at radius 3 is 2.48 bits per heavy atom. The molecule has 1 amide bonds. The number of amides is 1. The van der Waals surface area contributed by atoms with Gasteiger partial charge in [0.15, 0.2) is 0 Å². The number of carboxylic acids is 1. The van der Waals surface area contributed by atoms with E-state index in [-0.39, 0.29) is 12.3 Å². The predicted molar refractivity (Wildman–Crippen MR) is 104 cm³/mol. The third kappa shape index (κ3) is 5.02. The van der Waals surface area contributed by atoms with E-state index in [4.69, 9.17) is 4.74 Å². The van der Waals surface area contributed by atoms with Crippen LogP contribution < -0.4 is 4.74 Å². The number of benzene rings is 1. The lowest BCUT2D eigenvalue weighted by Gasteiger charge is -2.22. The van der Waals surface area contributed by atoms with E-state index in [9.17, 15) is 14.7 Å². The Balaban J connectivity index is 1.63. The number of rotatable bonds is 8. The molecule has 27 heavy (non-hydrogen) atoms. The van der Waals surface area contributed by atoms with Gasteiger partial charge in [-0.2, -0.15) is 0 Å². The van der Waals surface area contributed by atoms with E-state index < -0.39 is 11.9 Å². The van der Waals surface area contributed by atoms with Crippen molar-refractivity contribution in [2.45, 2.75) is 51.9 Å². The van der Waals surface area contributed by atoms with Crippen LogP contribution in [0.3, 0.4) is 0 Å². The molecule has 1 aromatic carbocycles. The van der Waals surface area contributed by atoms with Crippen LogP contribution >= 0.6 is 0 Å². The van der Waals surface area contributed by atoms with Gasteiger partial charge in [0.05, 0.1) is 12.5 Å². The zero-order valence-electron chi connectivity index (χ0n) is 16.2. The lowest BCUT2D eigenvalue weighted by Crippen LogP contribution is -2.33. The van der Waals surface area contributed by atoms with E-state index in [1.807, 2.05) is 36.1 Å². The molecule has 0 spiro atoms. The highest BCUT2D eigenvalue weighted by Crippen LogP contribution is 2.36. The van der Waals surface area contributed by atoms with Crippen molar-refractivity contribution in [3.63, 3.8) is 0 Å². The zero-order valence-corrected chi connectivity index (χ0v) is 16.2. The van der Waals surface area contributed by atoms with Gasteiger partial charge < -0.3 is 14.7 Å². The van der Waals surface area contributed by atoms with Crippen LogP contribution in [0.15, 0.2) is 24.3 Å². The monoisotopic (exact) mass is 373 g/mol. The van der Waals surface area contributed by atoms with Gasteiger partial charge in [-0.25, -0.2) is 0 Å². The lowest BCUT2D eigenvalue weighted by molar-refractivity contribution is -0.145. The van der Waals surface area contributed by atoms with Gasteiger partial charge in [0, 0.05) is 19.5 Å². The van der Waals surface area contributed by atoms with Gasteiger partial charge in [0.25, 0.3) is 0 Å². The summed E-state index contributed by atoms with van der Waals surface area (Å²) >= 11 is 0. The Hall–Kier alpha value is -2.04. The van der Waals surface area contributed by atoms with Crippen LogP contribution in [0.5, 0.6) is 5.75 Å². The third-order valence-corrected chi connectivity index (χ3v) is 6.00. The number of para-hydroxylation sites is 1. The molecule has 1 unspecified atom stereocenters. The van der Waals surface area contributed by atoms with Crippen LogP contribution in [0.2, 0.25) is 0 Å². The molecule has 3 rings (SSSR count). The molecule has 2 fully saturated rings. The largest absolute Gasteiger partial charge is 0.493 e. The van der Waals surface area contributed by atoms with Crippen LogP contribution in [0, 0.1) is 17.8 Å². The number of aliphatic carboxylic acids is 1. The molecule has 3 atom stereocenters. The Labute approximate surface area is 161 Å². The molecule has 1 aromatic rings. The number of likely N-dealkylation sites (tertiary alicyclic amines) is 1. The highest BCUT2D eigenvalue weighted by atomic mass is 16.5. The van der Waals surface area contributed by atoms with Crippen molar-refractivity contribution in [2.24, 2.45) is 17.8 Å². The molecule has 5 nitrogen and oxygen atoms in total. The van der Waals surface area contributed by atoms with E-state index in [0.29, 0.717) is 24.9 Å². The molecular formula is C22H31NO4. The lowest BCUT2D eigenvalue weighted by atomic mass is 9.82. The van der Waals surface area contributed by atoms with E-state index in [0.717, 1.165) is 30.8 Å². The number of carboxylic acid groups (broad SMARTS) is 1. The zero-order chi connectivity index (χ0) is 19.2. The van der Waals surface area contributed by atoms with E-state index in [1.54, 1.807) is 0 Å². The van der Waals surface area contributed by atoms with E-state index >= 15 is 0 Å². The first kappa shape index (κ1) is 19.7. The summed E-state index contributed by atoms with van der Waals surface area (Å²) in [4.78, 5) is 26.5. The number of nitrogens with zero attached hydrogens (tertiary/aromatic N) is 1. The van der Waals surface area contributed by atoms with Crippen LogP contribution in [-0.4, -0.2) is 41.6 Å². The van der Waals surface area contributed by atoms with E-state index in [2.05, 4.69) is 0 Å². The quantitative estimate of drug-likeness (QED) is 0.753. The van der Waals surface area contributed by atoms with Crippen LogP contribution in [0.4, 0.5) is 0 Å². The standard InChI is InChI=1S/C22H31NO4/c1-2-11-27-20-10-6-5-7-16(20)12-19(22(25)26)13-21(24)23-14-17-8-3-4-9-18(17)15-23/h5-7,10,17-19H,2-4,8-9,11-15H2,1H3,(H,25,26)/t17-,18+,19?. The Morgan fingerprint density at radius 2 is 1.85 bits per heavy atom. The average molecular weight is 373 g/mol. The Morgan fingerprint density at radius 1 is 1.19 bits per heavy atom. The summed E-state index contributed by atoms with van der Waals surface area (Å²) in [6.07, 6.45) is 6.22. The summed E-state index contributed by atoms with van der Waals surface area (Å²) in [6, 6.07) is 7.55. The SMILES string of the molecule is CCCOc1ccccc1CC(CC(=O)N1C[C@H]2CCCC[C@H]2C1)C(=O)O. The number of carbonyl (C=O) groups is 2. The van der Waals surface area contributed by atoms with Crippen molar-refractivity contribution in [3.8, 4) is 5.75 Å². The normalized spacial score (nSPS) is 22.9. The number of fused-ring (bicyclic) bond motifs is 1. The second kappa shape index (κ2) is 9.25. The molecule has 1 heterocycles. The highest BCUT2D eigenvalue weighted by molar-refractivity contribution is 5.82. The Bertz CT molecular complexity index is 645. The van der Waals surface area contributed by atoms with Gasteiger partial charge in [-0.3, -0.25) is 9.59 Å². The summed E-state index contributed by atoms with van der Waals surface area (Å²) in [5.74, 6) is 0.328. The molecule has 1 N–H and O–H groups in total. The number of ether oxygens (including phenoxy) is 1. The van der Waals surface area contributed by atoms with Crippen molar-refractivity contribution in [2.75, 3.05) is 19.7 Å². The third-order valence-electron chi connectivity index (χ3n) is 6.00. The first-order chi connectivity index (χ1) is 13.1. The maximum atomic E-state index is 12.8. The minimum atomic E-state index is -0.912. The fourth-order valence-corrected chi connectivity index (χ4v) is 4.49. The fourth-order valence-electron chi connectivity index (χ4n) is 4.49. The number of hydrogen-bond acceptors (Lipinski definition) is 3. The molecule has 0 aromatic heterocycles. The maximum Gasteiger partial charge on any atom is 0.307 e. The van der Waals surface area contributed by atoms with Crippen molar-refractivity contribution < 1.29 is 19.4 Å².